The van der Waals surface area contributed by atoms with Crippen LogP contribution in [0.25, 0.3) is 0 Å². The number of hydrogen-bond acceptors (Lipinski definition) is 3. The van der Waals surface area contributed by atoms with Crippen molar-refractivity contribution in [1.82, 2.24) is 14.9 Å². The highest BCUT2D eigenvalue weighted by atomic mass is 79.9. The van der Waals surface area contributed by atoms with Crippen molar-refractivity contribution in [1.29, 1.82) is 0 Å². The van der Waals surface area contributed by atoms with Crippen LogP contribution in [0.15, 0.2) is 20.3 Å². The van der Waals surface area contributed by atoms with E-state index in [-0.39, 0.29) is 11.2 Å². The number of aromatic amines is 1. The van der Waals surface area contributed by atoms with Crippen LogP contribution in [-0.2, 0) is 6.54 Å². The molecule has 1 fully saturated rings. The quantitative estimate of drug-likeness (QED) is 0.766. The van der Waals surface area contributed by atoms with E-state index in [1.165, 1.54) is 23.6 Å². The van der Waals surface area contributed by atoms with Gasteiger partial charge >= 0.3 is 5.69 Å². The molecule has 88 valence electrons. The Balaban J connectivity index is 1.90. The average molecular weight is 288 g/mol. The Kier molecular flexibility index (Phi) is 3.60. The molecule has 1 aliphatic rings. The van der Waals surface area contributed by atoms with E-state index in [4.69, 9.17) is 0 Å². The van der Waals surface area contributed by atoms with E-state index in [0.29, 0.717) is 11.0 Å². The summed E-state index contributed by atoms with van der Waals surface area (Å²) in [7, 11) is 0. The normalized spacial score (nSPS) is 15.3. The third-order valence-corrected chi connectivity index (χ3v) is 3.19. The van der Waals surface area contributed by atoms with Crippen molar-refractivity contribution in [2.75, 3.05) is 13.1 Å². The van der Waals surface area contributed by atoms with E-state index < -0.39 is 0 Å². The molecule has 0 saturated heterocycles. The third kappa shape index (κ3) is 3.05. The van der Waals surface area contributed by atoms with Crippen molar-refractivity contribution < 1.29 is 0 Å². The van der Waals surface area contributed by atoms with Gasteiger partial charge in [0.05, 0.1) is 4.47 Å². The first-order valence-corrected chi connectivity index (χ1v) is 6.16. The largest absolute Gasteiger partial charge is 0.328 e. The fourth-order valence-electron chi connectivity index (χ4n) is 1.48. The predicted molar refractivity (Wildman–Crippen MR) is 64.6 cm³/mol. The zero-order valence-corrected chi connectivity index (χ0v) is 10.4. The minimum atomic E-state index is -0.382. The number of nitrogens with one attached hydrogen (secondary N) is 2. The van der Waals surface area contributed by atoms with Crippen LogP contribution in [0.3, 0.4) is 0 Å². The lowest BCUT2D eigenvalue weighted by molar-refractivity contribution is 0.557. The van der Waals surface area contributed by atoms with E-state index in [1.807, 2.05) is 0 Å². The minimum absolute atomic E-state index is 0.360. The number of halogens is 1. The Morgan fingerprint density at radius 1 is 1.50 bits per heavy atom. The van der Waals surface area contributed by atoms with E-state index in [1.54, 1.807) is 0 Å². The first-order valence-electron chi connectivity index (χ1n) is 5.37. The molecule has 2 N–H and O–H groups in total. The molecule has 0 spiro atoms. The smallest absolute Gasteiger partial charge is 0.315 e. The van der Waals surface area contributed by atoms with Crippen LogP contribution in [0.5, 0.6) is 0 Å². The van der Waals surface area contributed by atoms with Gasteiger partial charge in [0.25, 0.3) is 5.56 Å². The van der Waals surface area contributed by atoms with Gasteiger partial charge < -0.3 is 5.32 Å². The molecule has 2 rings (SSSR count). The molecule has 0 aromatic carbocycles. The summed E-state index contributed by atoms with van der Waals surface area (Å²) in [4.78, 5) is 24.7. The molecule has 0 bridgehead atoms. The minimum Gasteiger partial charge on any atom is -0.315 e. The maximum absolute atomic E-state index is 11.4. The lowest BCUT2D eigenvalue weighted by atomic mass is 10.4. The Morgan fingerprint density at radius 2 is 2.25 bits per heavy atom. The molecule has 0 radical (unpaired) electrons. The van der Waals surface area contributed by atoms with Crippen molar-refractivity contribution in [2.45, 2.75) is 19.4 Å². The van der Waals surface area contributed by atoms with Crippen molar-refractivity contribution >= 4 is 15.9 Å². The first-order chi connectivity index (χ1) is 7.66. The van der Waals surface area contributed by atoms with Crippen LogP contribution >= 0.6 is 15.9 Å². The molecule has 1 aliphatic carbocycles. The predicted octanol–water partition coefficient (Wildman–Crippen LogP) is 0.299. The second-order valence-electron chi connectivity index (χ2n) is 4.08. The second-order valence-corrected chi connectivity index (χ2v) is 4.93. The van der Waals surface area contributed by atoms with E-state index >= 15 is 0 Å². The van der Waals surface area contributed by atoms with Crippen LogP contribution in [0.1, 0.15) is 12.8 Å². The van der Waals surface area contributed by atoms with E-state index in [0.717, 1.165) is 19.0 Å². The number of hydrogen-bond donors (Lipinski definition) is 2. The molecular formula is C10H14BrN3O2. The zero-order valence-electron chi connectivity index (χ0n) is 8.83. The van der Waals surface area contributed by atoms with Gasteiger partial charge in [-0.05, 0) is 41.2 Å². The molecule has 1 aromatic rings. The van der Waals surface area contributed by atoms with Gasteiger partial charge in [-0.1, -0.05) is 0 Å². The van der Waals surface area contributed by atoms with Crippen LogP contribution in [0, 0.1) is 5.92 Å². The van der Waals surface area contributed by atoms with Crippen molar-refractivity contribution in [3.8, 4) is 0 Å². The van der Waals surface area contributed by atoms with Crippen molar-refractivity contribution in [3.63, 3.8) is 0 Å². The molecule has 1 saturated carbocycles. The van der Waals surface area contributed by atoms with Crippen LogP contribution in [-0.4, -0.2) is 22.6 Å². The van der Waals surface area contributed by atoms with Gasteiger partial charge in [-0.3, -0.25) is 14.3 Å². The molecular weight excluding hydrogens is 274 g/mol. The maximum atomic E-state index is 11.4. The number of H-pyrrole nitrogens is 1. The Hall–Kier alpha value is -0.880. The Bertz CT molecular complexity index is 476. The zero-order chi connectivity index (χ0) is 11.5. The fourth-order valence-corrected chi connectivity index (χ4v) is 1.82. The molecule has 5 nitrogen and oxygen atoms in total. The maximum Gasteiger partial charge on any atom is 0.328 e. The van der Waals surface area contributed by atoms with E-state index in [9.17, 15) is 9.59 Å². The van der Waals surface area contributed by atoms with E-state index in [2.05, 4.69) is 26.2 Å². The SMILES string of the molecule is O=c1[nH]c(=O)n(CCNCC2CC2)cc1Br. The van der Waals surface area contributed by atoms with Crippen LogP contribution in [0.2, 0.25) is 0 Å². The second kappa shape index (κ2) is 4.97. The lowest BCUT2D eigenvalue weighted by Crippen LogP contribution is -2.33. The fraction of sp³-hybridized carbons (Fsp3) is 0.600. The monoisotopic (exact) mass is 287 g/mol. The highest BCUT2D eigenvalue weighted by Gasteiger charge is 2.19. The molecule has 0 atom stereocenters. The number of nitrogens with zero attached hydrogens (tertiary/aromatic N) is 1. The van der Waals surface area contributed by atoms with Gasteiger partial charge in [-0.2, -0.15) is 0 Å². The Labute approximate surface area is 101 Å². The third-order valence-electron chi connectivity index (χ3n) is 2.63. The molecule has 1 heterocycles. The summed E-state index contributed by atoms with van der Waals surface area (Å²) >= 11 is 3.10. The average Bonchev–Trinajstić information content (AvgIpc) is 3.04. The highest BCUT2D eigenvalue weighted by molar-refractivity contribution is 9.10. The molecule has 0 aliphatic heterocycles. The van der Waals surface area contributed by atoms with Crippen molar-refractivity contribution in [3.05, 3.63) is 31.5 Å². The number of rotatable bonds is 5. The summed E-state index contributed by atoms with van der Waals surface area (Å²) < 4.78 is 1.88. The standard InChI is InChI=1S/C10H14BrN3O2/c11-8-6-14(10(16)13-9(8)15)4-3-12-5-7-1-2-7/h6-7,12H,1-5H2,(H,13,15,16). The van der Waals surface area contributed by atoms with Gasteiger partial charge in [0, 0.05) is 19.3 Å². The number of aromatic nitrogens is 2. The van der Waals surface area contributed by atoms with Gasteiger partial charge in [-0.25, -0.2) is 4.79 Å². The Morgan fingerprint density at radius 3 is 2.94 bits per heavy atom. The summed E-state index contributed by atoms with van der Waals surface area (Å²) in [5.74, 6) is 0.832. The van der Waals surface area contributed by atoms with Gasteiger partial charge in [0.1, 0.15) is 0 Å². The first kappa shape index (κ1) is 11.6. The van der Waals surface area contributed by atoms with Crippen molar-refractivity contribution in [2.24, 2.45) is 5.92 Å². The molecule has 1 aromatic heterocycles. The summed E-state index contributed by atoms with van der Waals surface area (Å²) in [6, 6.07) is 0. The summed E-state index contributed by atoms with van der Waals surface area (Å²) in [5.41, 5.74) is -0.742. The molecule has 0 amide bonds. The highest BCUT2D eigenvalue weighted by Crippen LogP contribution is 2.27. The summed E-state index contributed by atoms with van der Waals surface area (Å²) in [6.45, 7) is 2.34. The molecule has 0 unspecified atom stereocenters. The lowest BCUT2D eigenvalue weighted by Gasteiger charge is -2.06. The molecule has 16 heavy (non-hydrogen) atoms. The summed E-state index contributed by atoms with van der Waals surface area (Å²) in [5, 5.41) is 3.29. The van der Waals surface area contributed by atoms with Gasteiger partial charge in [-0.15, -0.1) is 0 Å². The van der Waals surface area contributed by atoms with Gasteiger partial charge in [0.2, 0.25) is 0 Å². The summed E-state index contributed by atoms with van der Waals surface area (Å²) in [6.07, 6.45) is 4.16. The van der Waals surface area contributed by atoms with Crippen LogP contribution in [0.4, 0.5) is 0 Å². The molecule has 6 heteroatoms. The van der Waals surface area contributed by atoms with Gasteiger partial charge in [0.15, 0.2) is 0 Å². The van der Waals surface area contributed by atoms with Crippen LogP contribution < -0.4 is 16.6 Å². The topological polar surface area (TPSA) is 66.9 Å².